The molecule has 3 aromatic rings. The number of aromatic nitrogens is 3. The summed E-state index contributed by atoms with van der Waals surface area (Å²) >= 11 is 0. The van der Waals surface area contributed by atoms with Gasteiger partial charge in [0.25, 0.3) is 5.92 Å². The summed E-state index contributed by atoms with van der Waals surface area (Å²) in [6.45, 7) is 4.55. The molecule has 46 heavy (non-hydrogen) atoms. The molecule has 0 aliphatic carbocycles. The van der Waals surface area contributed by atoms with Crippen LogP contribution in [0, 0.1) is 5.92 Å². The number of piperidine rings is 1. The van der Waals surface area contributed by atoms with Crippen molar-refractivity contribution in [1.82, 2.24) is 24.8 Å². The van der Waals surface area contributed by atoms with E-state index in [4.69, 9.17) is 4.74 Å². The van der Waals surface area contributed by atoms with E-state index < -0.39 is 43.1 Å². The highest BCUT2D eigenvalue weighted by Gasteiger charge is 2.47. The van der Waals surface area contributed by atoms with Crippen LogP contribution in [0.4, 0.5) is 33.5 Å². The van der Waals surface area contributed by atoms with Crippen molar-refractivity contribution in [3.8, 4) is 11.3 Å². The zero-order valence-corrected chi connectivity index (χ0v) is 25.2. The molecule has 0 radical (unpaired) electrons. The molecule has 2 bridgehead atoms. The predicted octanol–water partition coefficient (Wildman–Crippen LogP) is 5.08. The number of carbonyl (C=O) groups excluding carboxylic acids is 1. The van der Waals surface area contributed by atoms with Crippen molar-refractivity contribution < 1.29 is 31.5 Å². The van der Waals surface area contributed by atoms with Gasteiger partial charge in [-0.25, -0.2) is 18.7 Å². The Morgan fingerprint density at radius 1 is 1.07 bits per heavy atom. The van der Waals surface area contributed by atoms with E-state index >= 15 is 0 Å². The fourth-order valence-electron chi connectivity index (χ4n) is 7.37. The van der Waals surface area contributed by atoms with Gasteiger partial charge in [-0.1, -0.05) is 18.7 Å². The molecule has 2 aromatic heterocycles. The zero-order chi connectivity index (χ0) is 32.2. The molecule has 1 amide bonds. The van der Waals surface area contributed by atoms with Crippen molar-refractivity contribution in [2.45, 2.75) is 55.9 Å². The molecule has 246 valence electrons. The predicted molar refractivity (Wildman–Crippen MR) is 163 cm³/mol. The molecule has 4 aliphatic heterocycles. The number of halogens is 5. The van der Waals surface area contributed by atoms with E-state index in [1.165, 1.54) is 9.80 Å². The summed E-state index contributed by atoms with van der Waals surface area (Å²) in [4.78, 5) is 30.4. The number of nitrogens with zero attached hydrogens (tertiary/aromatic N) is 5. The first kappa shape index (κ1) is 30.9. The number of hydrogen-bond donors (Lipinski definition) is 2. The summed E-state index contributed by atoms with van der Waals surface area (Å²) in [5, 5.41) is 3.60. The average molecular weight is 646 g/mol. The zero-order valence-electron chi connectivity index (χ0n) is 25.2. The third kappa shape index (κ3) is 6.04. The Hall–Kier alpha value is -3.78. The first-order valence-electron chi connectivity index (χ1n) is 15.7. The van der Waals surface area contributed by atoms with E-state index in [2.05, 4.69) is 31.7 Å². The SMILES string of the molecule is C=C(CN1CC(F)(F)C1)C(=O)N1CCC(C(Nc2ccc(-c3cc4c(N5C6CCC5COC6)ncnc4[nH]3)cc2)C(F)(F)F)CC1. The minimum atomic E-state index is -4.51. The standard InChI is InChI=1S/C32H36F5N7O2/c1-19(13-42-16-31(33,34)17-42)30(45)43-10-8-21(9-11-43)27(32(35,36)37)40-22-4-2-20(3-5-22)26-12-25-28(41-26)38-18-39-29(25)44-23-6-7-24(44)15-46-14-23/h2-5,12,18,21,23-24,27,40H,1,6-11,13-17H2,(H,38,39,41). The summed E-state index contributed by atoms with van der Waals surface area (Å²) in [6.07, 6.45) is -0.548. The Morgan fingerprint density at radius 2 is 1.74 bits per heavy atom. The molecule has 1 aromatic carbocycles. The minimum Gasteiger partial charge on any atom is -0.377 e. The van der Waals surface area contributed by atoms with Gasteiger partial charge in [0.05, 0.1) is 43.8 Å². The van der Waals surface area contributed by atoms with Crippen LogP contribution < -0.4 is 10.2 Å². The van der Waals surface area contributed by atoms with Gasteiger partial charge in [-0.05, 0) is 55.4 Å². The Bertz CT molecular complexity index is 1580. The second kappa shape index (κ2) is 11.8. The quantitative estimate of drug-likeness (QED) is 0.261. The molecule has 7 rings (SSSR count). The van der Waals surface area contributed by atoms with Gasteiger partial charge < -0.3 is 24.8 Å². The van der Waals surface area contributed by atoms with E-state index in [0.29, 0.717) is 24.5 Å². The molecule has 4 saturated heterocycles. The van der Waals surface area contributed by atoms with Crippen LogP contribution in [0.15, 0.2) is 48.8 Å². The number of amides is 1. The van der Waals surface area contributed by atoms with Crippen molar-refractivity contribution in [2.75, 3.05) is 56.2 Å². The van der Waals surface area contributed by atoms with Crippen LogP contribution in [0.5, 0.6) is 0 Å². The Morgan fingerprint density at radius 3 is 2.37 bits per heavy atom. The lowest BCUT2D eigenvalue weighted by molar-refractivity contribution is -0.157. The normalized spacial score (nSPS) is 24.2. The summed E-state index contributed by atoms with van der Waals surface area (Å²) < 4.78 is 74.8. The molecule has 14 heteroatoms. The maximum absolute atomic E-state index is 14.3. The average Bonchev–Trinajstić information content (AvgIpc) is 3.55. The van der Waals surface area contributed by atoms with Gasteiger partial charge in [-0.3, -0.25) is 9.69 Å². The van der Waals surface area contributed by atoms with Crippen LogP contribution in [-0.4, -0.2) is 107 Å². The van der Waals surface area contributed by atoms with Gasteiger partial charge >= 0.3 is 6.18 Å². The number of carbonyl (C=O) groups is 1. The number of hydrogen-bond acceptors (Lipinski definition) is 7. The molecule has 3 unspecified atom stereocenters. The highest BCUT2D eigenvalue weighted by molar-refractivity contribution is 5.93. The van der Waals surface area contributed by atoms with E-state index in [1.807, 2.05) is 6.07 Å². The molecule has 3 atom stereocenters. The third-order valence-electron chi connectivity index (χ3n) is 9.69. The lowest BCUT2D eigenvalue weighted by atomic mass is 9.88. The van der Waals surface area contributed by atoms with E-state index in [1.54, 1.807) is 30.6 Å². The van der Waals surface area contributed by atoms with Crippen LogP contribution in [0.3, 0.4) is 0 Å². The fourth-order valence-corrected chi connectivity index (χ4v) is 7.37. The van der Waals surface area contributed by atoms with Crippen LogP contribution in [0.1, 0.15) is 25.7 Å². The summed E-state index contributed by atoms with van der Waals surface area (Å²) in [6, 6.07) is 7.57. The molecule has 2 N–H and O–H groups in total. The second-order valence-corrected chi connectivity index (χ2v) is 12.9. The second-order valence-electron chi connectivity index (χ2n) is 12.9. The number of alkyl halides is 5. The van der Waals surface area contributed by atoms with Crippen molar-refractivity contribution in [3.05, 3.63) is 48.8 Å². The van der Waals surface area contributed by atoms with E-state index in [9.17, 15) is 26.7 Å². The van der Waals surface area contributed by atoms with Crippen LogP contribution in [-0.2, 0) is 9.53 Å². The topological polar surface area (TPSA) is 89.6 Å². The highest BCUT2D eigenvalue weighted by Crippen LogP contribution is 2.38. The van der Waals surface area contributed by atoms with Gasteiger partial charge in [0, 0.05) is 36.6 Å². The number of rotatable bonds is 8. The number of ether oxygens (including phenoxy) is 1. The highest BCUT2D eigenvalue weighted by atomic mass is 19.4. The molecule has 4 fully saturated rings. The first-order chi connectivity index (χ1) is 21.9. The van der Waals surface area contributed by atoms with E-state index in [0.717, 1.165) is 35.3 Å². The molecule has 4 aliphatic rings. The smallest absolute Gasteiger partial charge is 0.377 e. The van der Waals surface area contributed by atoms with E-state index in [-0.39, 0.29) is 50.1 Å². The number of anilines is 2. The number of likely N-dealkylation sites (tertiary alicyclic amines) is 2. The number of benzene rings is 1. The fraction of sp³-hybridized carbons (Fsp3) is 0.531. The molecule has 9 nitrogen and oxygen atoms in total. The monoisotopic (exact) mass is 645 g/mol. The number of nitrogens with one attached hydrogen (secondary N) is 2. The number of aromatic amines is 1. The van der Waals surface area contributed by atoms with Crippen molar-refractivity contribution in [2.24, 2.45) is 5.92 Å². The number of fused-ring (bicyclic) bond motifs is 3. The molecular weight excluding hydrogens is 609 g/mol. The maximum atomic E-state index is 14.3. The van der Waals surface area contributed by atoms with Crippen molar-refractivity contribution >= 4 is 28.4 Å². The van der Waals surface area contributed by atoms with Gasteiger partial charge in [-0.15, -0.1) is 0 Å². The molecule has 0 saturated carbocycles. The minimum absolute atomic E-state index is 0.0267. The first-order valence-corrected chi connectivity index (χ1v) is 15.7. The summed E-state index contributed by atoms with van der Waals surface area (Å²) in [5.74, 6) is -3.02. The van der Waals surface area contributed by atoms with Gasteiger partial charge in [0.15, 0.2) is 0 Å². The maximum Gasteiger partial charge on any atom is 0.408 e. The lowest BCUT2D eigenvalue weighted by Crippen LogP contribution is -2.57. The van der Waals surface area contributed by atoms with Crippen LogP contribution >= 0.6 is 0 Å². The van der Waals surface area contributed by atoms with Gasteiger partial charge in [-0.2, -0.15) is 13.2 Å². The molecule has 0 spiro atoms. The van der Waals surface area contributed by atoms with Crippen LogP contribution in [0.25, 0.3) is 22.3 Å². The Balaban J connectivity index is 0.998. The largest absolute Gasteiger partial charge is 0.408 e. The van der Waals surface area contributed by atoms with Gasteiger partial charge in [0.1, 0.15) is 23.8 Å². The third-order valence-corrected chi connectivity index (χ3v) is 9.69. The lowest BCUT2D eigenvalue weighted by Gasteiger charge is -2.40. The van der Waals surface area contributed by atoms with Crippen LogP contribution in [0.2, 0.25) is 0 Å². The van der Waals surface area contributed by atoms with Crippen molar-refractivity contribution in [3.63, 3.8) is 0 Å². The number of morpholine rings is 1. The number of H-pyrrole nitrogens is 1. The molecular formula is C32H36F5N7O2. The Kier molecular flexibility index (Phi) is 7.90. The Labute approximate surface area is 262 Å². The van der Waals surface area contributed by atoms with Gasteiger partial charge in [0.2, 0.25) is 5.91 Å². The van der Waals surface area contributed by atoms with Crippen molar-refractivity contribution in [1.29, 1.82) is 0 Å². The molecule has 6 heterocycles. The summed E-state index contributed by atoms with van der Waals surface area (Å²) in [5.41, 5.74) is 2.80. The summed E-state index contributed by atoms with van der Waals surface area (Å²) in [7, 11) is 0.